The molecule has 0 radical (unpaired) electrons. The normalized spacial score (nSPS) is 11.5. The zero-order valence-corrected chi connectivity index (χ0v) is 12.1. The molecule has 0 amide bonds. The second-order valence-corrected chi connectivity index (χ2v) is 5.24. The molecule has 3 nitrogen and oxygen atoms in total. The van der Waals surface area contributed by atoms with Crippen molar-refractivity contribution >= 4 is 38.6 Å². The van der Waals surface area contributed by atoms with Gasteiger partial charge in [0.25, 0.3) is 0 Å². The minimum absolute atomic E-state index is 0.513. The number of nitrogens with one attached hydrogen (secondary N) is 1. The molecule has 1 heterocycles. The summed E-state index contributed by atoms with van der Waals surface area (Å²) < 4.78 is 0.980. The Hall–Kier alpha value is -2.38. The van der Waals surface area contributed by atoms with E-state index in [2.05, 4.69) is 32.0 Å². The van der Waals surface area contributed by atoms with Gasteiger partial charge in [0, 0.05) is 4.47 Å². The van der Waals surface area contributed by atoms with Gasteiger partial charge in [-0.15, -0.1) is 0 Å². The molecule has 4 heteroatoms. The number of para-hydroxylation sites is 2. The molecule has 0 saturated heterocycles. The van der Waals surface area contributed by atoms with Gasteiger partial charge in [0.15, 0.2) is 0 Å². The van der Waals surface area contributed by atoms with Crippen LogP contribution in [0.4, 0.5) is 0 Å². The Labute approximate surface area is 124 Å². The Morgan fingerprint density at radius 3 is 2.80 bits per heavy atom. The van der Waals surface area contributed by atoms with Gasteiger partial charge in [-0.05, 0) is 35.9 Å². The van der Waals surface area contributed by atoms with Gasteiger partial charge >= 0.3 is 0 Å². The first-order chi connectivity index (χ1) is 9.76. The smallest absolute Gasteiger partial charge is 0.149 e. The molecule has 20 heavy (non-hydrogen) atoms. The predicted octanol–water partition coefficient (Wildman–Crippen LogP) is 4.39. The number of H-pyrrole nitrogens is 1. The molecule has 0 aliphatic rings. The monoisotopic (exact) mass is 323 g/mol. The molecule has 3 aromatic rings. The van der Waals surface area contributed by atoms with Crippen molar-refractivity contribution in [2.45, 2.75) is 0 Å². The van der Waals surface area contributed by atoms with Crippen molar-refractivity contribution < 1.29 is 0 Å². The van der Waals surface area contributed by atoms with Crippen LogP contribution in [0.5, 0.6) is 0 Å². The quantitative estimate of drug-likeness (QED) is 0.711. The zero-order valence-electron chi connectivity index (χ0n) is 10.5. The number of aromatic amines is 1. The van der Waals surface area contributed by atoms with E-state index in [1.54, 1.807) is 0 Å². The number of aromatic nitrogens is 2. The summed E-state index contributed by atoms with van der Waals surface area (Å²) >= 11 is 3.42. The lowest BCUT2D eigenvalue weighted by Crippen LogP contribution is -1.84. The fourth-order valence-corrected chi connectivity index (χ4v) is 2.41. The third-order valence-corrected chi connectivity index (χ3v) is 3.42. The number of rotatable bonds is 2. The van der Waals surface area contributed by atoms with E-state index in [4.69, 9.17) is 0 Å². The molecule has 0 atom stereocenters. The summed E-state index contributed by atoms with van der Waals surface area (Å²) in [5.41, 5.74) is 3.26. The minimum atomic E-state index is 0.513. The molecule has 0 aliphatic carbocycles. The van der Waals surface area contributed by atoms with Gasteiger partial charge in [-0.3, -0.25) is 0 Å². The molecule has 0 saturated carbocycles. The number of allylic oxidation sites excluding steroid dienone is 1. The standard InChI is InChI=1S/C16H10BrN3/c17-13-5-3-4-11(9-13)8-12(10-18)16-19-14-6-1-2-7-15(14)20-16/h1-9H,(H,19,20)/b12-8+. The van der Waals surface area contributed by atoms with E-state index in [0.717, 1.165) is 21.1 Å². The van der Waals surface area contributed by atoms with Crippen molar-refractivity contribution in [2.24, 2.45) is 0 Å². The van der Waals surface area contributed by atoms with Crippen LogP contribution in [0.1, 0.15) is 11.4 Å². The summed E-state index contributed by atoms with van der Waals surface area (Å²) in [5, 5.41) is 9.35. The van der Waals surface area contributed by atoms with Crippen LogP contribution in [0.3, 0.4) is 0 Å². The van der Waals surface area contributed by atoms with Crippen LogP contribution in [0.2, 0.25) is 0 Å². The fraction of sp³-hybridized carbons (Fsp3) is 0. The first kappa shape index (κ1) is 12.6. The number of nitriles is 1. The highest BCUT2D eigenvalue weighted by Gasteiger charge is 2.07. The molecule has 0 spiro atoms. The van der Waals surface area contributed by atoms with E-state index < -0.39 is 0 Å². The molecule has 3 rings (SSSR count). The number of halogens is 1. The van der Waals surface area contributed by atoms with E-state index in [1.165, 1.54) is 0 Å². The Morgan fingerprint density at radius 2 is 2.05 bits per heavy atom. The Balaban J connectivity index is 2.07. The van der Waals surface area contributed by atoms with Crippen molar-refractivity contribution in [2.75, 3.05) is 0 Å². The lowest BCUT2D eigenvalue weighted by Gasteiger charge is -1.96. The molecule has 0 aliphatic heterocycles. The van der Waals surface area contributed by atoms with E-state index in [0.29, 0.717) is 11.4 Å². The summed E-state index contributed by atoms with van der Waals surface area (Å²) in [5.74, 6) is 0.591. The Kier molecular flexibility index (Phi) is 3.36. The lowest BCUT2D eigenvalue weighted by molar-refractivity contribution is 1.27. The molecule has 96 valence electrons. The molecular formula is C16H10BrN3. The van der Waals surface area contributed by atoms with Gasteiger partial charge < -0.3 is 4.98 Å². The maximum Gasteiger partial charge on any atom is 0.149 e. The minimum Gasteiger partial charge on any atom is -0.337 e. The van der Waals surface area contributed by atoms with Crippen molar-refractivity contribution in [1.29, 1.82) is 5.26 Å². The third kappa shape index (κ3) is 2.49. The number of hydrogen-bond acceptors (Lipinski definition) is 2. The number of hydrogen-bond donors (Lipinski definition) is 1. The maximum absolute atomic E-state index is 9.35. The fourth-order valence-electron chi connectivity index (χ4n) is 2.00. The number of imidazole rings is 1. The SMILES string of the molecule is N#C/C(=C\c1cccc(Br)c1)c1nc2ccccc2[nH]1. The van der Waals surface area contributed by atoms with E-state index in [9.17, 15) is 5.26 Å². The predicted molar refractivity (Wildman–Crippen MR) is 83.7 cm³/mol. The van der Waals surface area contributed by atoms with Crippen LogP contribution in [-0.4, -0.2) is 9.97 Å². The summed E-state index contributed by atoms with van der Waals surface area (Å²) in [6.45, 7) is 0. The van der Waals surface area contributed by atoms with Crippen LogP contribution < -0.4 is 0 Å². The van der Waals surface area contributed by atoms with Gasteiger partial charge in [-0.25, -0.2) is 4.98 Å². The molecule has 1 N–H and O–H groups in total. The molecule has 2 aromatic carbocycles. The highest BCUT2D eigenvalue weighted by molar-refractivity contribution is 9.10. The summed E-state index contributed by atoms with van der Waals surface area (Å²) in [6, 6.07) is 17.7. The highest BCUT2D eigenvalue weighted by atomic mass is 79.9. The largest absolute Gasteiger partial charge is 0.337 e. The van der Waals surface area contributed by atoms with Gasteiger partial charge in [0.2, 0.25) is 0 Å². The molecule has 0 fully saturated rings. The molecule has 0 unspecified atom stereocenters. The lowest BCUT2D eigenvalue weighted by atomic mass is 10.1. The number of benzene rings is 2. The van der Waals surface area contributed by atoms with Crippen LogP contribution in [0, 0.1) is 11.3 Å². The van der Waals surface area contributed by atoms with Crippen LogP contribution in [0.15, 0.2) is 53.0 Å². The Morgan fingerprint density at radius 1 is 1.20 bits per heavy atom. The van der Waals surface area contributed by atoms with Crippen LogP contribution in [0.25, 0.3) is 22.7 Å². The van der Waals surface area contributed by atoms with Gasteiger partial charge in [0.1, 0.15) is 11.9 Å². The van der Waals surface area contributed by atoms with E-state index in [-0.39, 0.29) is 0 Å². The zero-order chi connectivity index (χ0) is 13.9. The van der Waals surface area contributed by atoms with E-state index >= 15 is 0 Å². The first-order valence-corrected chi connectivity index (χ1v) is 6.88. The average molecular weight is 324 g/mol. The summed E-state index contributed by atoms with van der Waals surface area (Å²) in [7, 11) is 0. The number of fused-ring (bicyclic) bond motifs is 1. The average Bonchev–Trinajstić information content (AvgIpc) is 2.88. The third-order valence-electron chi connectivity index (χ3n) is 2.92. The van der Waals surface area contributed by atoms with Gasteiger partial charge in [-0.2, -0.15) is 5.26 Å². The van der Waals surface area contributed by atoms with Crippen molar-refractivity contribution in [1.82, 2.24) is 9.97 Å². The van der Waals surface area contributed by atoms with Crippen molar-refractivity contribution in [3.8, 4) is 6.07 Å². The van der Waals surface area contributed by atoms with Crippen LogP contribution in [-0.2, 0) is 0 Å². The van der Waals surface area contributed by atoms with Gasteiger partial charge in [0.05, 0.1) is 16.6 Å². The summed E-state index contributed by atoms with van der Waals surface area (Å²) in [6.07, 6.45) is 1.82. The van der Waals surface area contributed by atoms with Crippen LogP contribution >= 0.6 is 15.9 Å². The molecule has 0 bridgehead atoms. The topological polar surface area (TPSA) is 52.5 Å². The van der Waals surface area contributed by atoms with Crippen molar-refractivity contribution in [3.63, 3.8) is 0 Å². The summed E-state index contributed by atoms with van der Waals surface area (Å²) in [4.78, 5) is 7.61. The van der Waals surface area contributed by atoms with Crippen molar-refractivity contribution in [3.05, 3.63) is 64.4 Å². The first-order valence-electron chi connectivity index (χ1n) is 6.09. The Bertz CT molecular complexity index is 807. The van der Waals surface area contributed by atoms with Gasteiger partial charge in [-0.1, -0.05) is 40.2 Å². The molecular weight excluding hydrogens is 314 g/mol. The maximum atomic E-state index is 9.35. The second-order valence-electron chi connectivity index (χ2n) is 4.33. The number of nitrogens with zero attached hydrogens (tertiary/aromatic N) is 2. The molecule has 1 aromatic heterocycles. The van der Waals surface area contributed by atoms with E-state index in [1.807, 2.05) is 54.6 Å². The highest BCUT2D eigenvalue weighted by Crippen LogP contribution is 2.20. The second kappa shape index (κ2) is 5.32.